The van der Waals surface area contributed by atoms with Crippen molar-refractivity contribution in [3.63, 3.8) is 0 Å². The summed E-state index contributed by atoms with van der Waals surface area (Å²) in [5.41, 5.74) is 13.5. The van der Waals surface area contributed by atoms with E-state index in [1.54, 1.807) is 0 Å². The number of fused-ring (bicyclic) bond motifs is 1. The van der Waals surface area contributed by atoms with Crippen LogP contribution in [0.5, 0.6) is 0 Å². The van der Waals surface area contributed by atoms with Crippen molar-refractivity contribution in [1.29, 1.82) is 0 Å². The Morgan fingerprint density at radius 3 is 2.55 bits per heavy atom. The minimum absolute atomic E-state index is 0.000984. The van der Waals surface area contributed by atoms with Crippen LogP contribution in [0.15, 0.2) is 42.5 Å². The van der Waals surface area contributed by atoms with Gasteiger partial charge in [0.2, 0.25) is 0 Å². The lowest BCUT2D eigenvalue weighted by atomic mass is 9.96. The molecule has 0 radical (unpaired) electrons. The van der Waals surface area contributed by atoms with Crippen LogP contribution < -0.4 is 5.73 Å². The lowest BCUT2D eigenvalue weighted by Gasteiger charge is -2.11. The van der Waals surface area contributed by atoms with Crippen LogP contribution in [0.3, 0.4) is 0 Å². The van der Waals surface area contributed by atoms with E-state index in [-0.39, 0.29) is 6.04 Å². The van der Waals surface area contributed by atoms with E-state index in [0.717, 1.165) is 11.2 Å². The van der Waals surface area contributed by atoms with Crippen LogP contribution in [-0.2, 0) is 0 Å². The maximum atomic E-state index is 6.23. The van der Waals surface area contributed by atoms with Crippen LogP contribution in [0.25, 0.3) is 22.2 Å². The van der Waals surface area contributed by atoms with Crippen molar-refractivity contribution < 1.29 is 0 Å². The maximum absolute atomic E-state index is 6.23. The number of aryl methyl sites for hydroxylation is 2. The molecule has 0 bridgehead atoms. The summed E-state index contributed by atoms with van der Waals surface area (Å²) in [4.78, 5) is 3.55. The Balaban J connectivity index is 2.35. The monoisotopic (exact) mass is 264 g/mol. The Bertz CT molecular complexity index is 766. The standard InChI is InChI=1S/C18H20N2/c1-11-8-9-12(2)15(10-11)18-17(13(3)19)14-6-4-5-7-16(14)20-18/h4-10,13,20H,19H2,1-3H3. The van der Waals surface area contributed by atoms with Gasteiger partial charge in [-0.25, -0.2) is 0 Å². The first-order valence-electron chi connectivity index (χ1n) is 7.01. The van der Waals surface area contributed by atoms with Crippen LogP contribution in [0.2, 0.25) is 0 Å². The van der Waals surface area contributed by atoms with Crippen molar-refractivity contribution in [1.82, 2.24) is 4.98 Å². The third-order valence-corrected chi connectivity index (χ3v) is 3.86. The summed E-state index contributed by atoms with van der Waals surface area (Å²) in [5, 5.41) is 1.22. The van der Waals surface area contributed by atoms with Crippen molar-refractivity contribution in [2.45, 2.75) is 26.8 Å². The molecule has 1 atom stereocenters. The van der Waals surface area contributed by atoms with E-state index in [0.29, 0.717) is 0 Å². The van der Waals surface area contributed by atoms with E-state index in [9.17, 15) is 0 Å². The van der Waals surface area contributed by atoms with Crippen molar-refractivity contribution in [3.8, 4) is 11.3 Å². The Labute approximate surface area is 119 Å². The summed E-state index contributed by atoms with van der Waals surface area (Å²) < 4.78 is 0. The van der Waals surface area contributed by atoms with Crippen LogP contribution in [0, 0.1) is 13.8 Å². The summed E-state index contributed by atoms with van der Waals surface area (Å²) in [7, 11) is 0. The Morgan fingerprint density at radius 2 is 1.80 bits per heavy atom. The lowest BCUT2D eigenvalue weighted by molar-refractivity contribution is 0.828. The van der Waals surface area contributed by atoms with Gasteiger partial charge in [0.05, 0.1) is 5.69 Å². The number of aromatic amines is 1. The van der Waals surface area contributed by atoms with E-state index in [4.69, 9.17) is 5.73 Å². The average Bonchev–Trinajstić information content (AvgIpc) is 2.80. The molecule has 1 aromatic heterocycles. The number of hydrogen-bond donors (Lipinski definition) is 2. The number of nitrogens with two attached hydrogens (primary N) is 1. The first-order valence-corrected chi connectivity index (χ1v) is 7.01. The lowest BCUT2D eigenvalue weighted by Crippen LogP contribution is -2.06. The number of benzene rings is 2. The molecule has 0 amide bonds. The molecule has 102 valence electrons. The van der Waals surface area contributed by atoms with Gasteiger partial charge in [-0.2, -0.15) is 0 Å². The number of hydrogen-bond acceptors (Lipinski definition) is 1. The van der Waals surface area contributed by atoms with E-state index >= 15 is 0 Å². The summed E-state index contributed by atoms with van der Waals surface area (Å²) in [6.07, 6.45) is 0. The molecule has 2 aromatic carbocycles. The predicted octanol–water partition coefficient (Wildman–Crippen LogP) is 4.47. The number of H-pyrrole nitrogens is 1. The first-order chi connectivity index (χ1) is 9.58. The van der Waals surface area contributed by atoms with Gasteiger partial charge in [0.25, 0.3) is 0 Å². The molecule has 2 heteroatoms. The minimum atomic E-state index is 0.000984. The fourth-order valence-electron chi connectivity index (χ4n) is 2.85. The maximum Gasteiger partial charge on any atom is 0.0515 e. The number of aromatic nitrogens is 1. The van der Waals surface area contributed by atoms with Gasteiger partial charge in [-0.3, -0.25) is 0 Å². The molecule has 2 nitrogen and oxygen atoms in total. The highest BCUT2D eigenvalue weighted by atomic mass is 14.8. The zero-order valence-corrected chi connectivity index (χ0v) is 12.2. The average molecular weight is 264 g/mol. The zero-order chi connectivity index (χ0) is 14.3. The molecule has 0 spiro atoms. The van der Waals surface area contributed by atoms with Gasteiger partial charge >= 0.3 is 0 Å². The molecule has 0 aliphatic rings. The van der Waals surface area contributed by atoms with Gasteiger partial charge in [0.15, 0.2) is 0 Å². The van der Waals surface area contributed by atoms with Crippen LogP contribution in [-0.4, -0.2) is 4.98 Å². The van der Waals surface area contributed by atoms with E-state index < -0.39 is 0 Å². The molecule has 0 aliphatic carbocycles. The molecule has 0 saturated carbocycles. The first kappa shape index (κ1) is 12.9. The van der Waals surface area contributed by atoms with E-state index in [1.165, 1.54) is 27.6 Å². The Kier molecular flexibility index (Phi) is 3.11. The fraction of sp³-hybridized carbons (Fsp3) is 0.222. The van der Waals surface area contributed by atoms with Crippen LogP contribution >= 0.6 is 0 Å². The van der Waals surface area contributed by atoms with Crippen molar-refractivity contribution in [2.75, 3.05) is 0 Å². The second kappa shape index (κ2) is 4.80. The van der Waals surface area contributed by atoms with E-state index in [2.05, 4.69) is 61.3 Å². The Morgan fingerprint density at radius 1 is 1.05 bits per heavy atom. The summed E-state index contributed by atoms with van der Waals surface area (Å²) in [6.45, 7) is 6.31. The normalized spacial score (nSPS) is 12.8. The fourth-order valence-corrected chi connectivity index (χ4v) is 2.85. The molecule has 3 N–H and O–H groups in total. The van der Waals surface area contributed by atoms with Gasteiger partial charge in [-0.05, 0) is 38.5 Å². The SMILES string of the molecule is Cc1ccc(C)c(-c2[nH]c3ccccc3c2C(C)N)c1. The van der Waals surface area contributed by atoms with Crippen molar-refractivity contribution in [2.24, 2.45) is 5.73 Å². The molecular weight excluding hydrogens is 244 g/mol. The highest BCUT2D eigenvalue weighted by molar-refractivity contribution is 5.91. The van der Waals surface area contributed by atoms with Crippen molar-refractivity contribution in [3.05, 3.63) is 59.2 Å². The summed E-state index contributed by atoms with van der Waals surface area (Å²) >= 11 is 0. The van der Waals surface area contributed by atoms with Gasteiger partial charge in [-0.15, -0.1) is 0 Å². The van der Waals surface area contributed by atoms with Gasteiger partial charge < -0.3 is 10.7 Å². The molecular formula is C18H20N2. The Hall–Kier alpha value is -2.06. The predicted molar refractivity (Wildman–Crippen MR) is 85.8 cm³/mol. The highest BCUT2D eigenvalue weighted by Gasteiger charge is 2.17. The molecule has 1 unspecified atom stereocenters. The topological polar surface area (TPSA) is 41.8 Å². The summed E-state index contributed by atoms with van der Waals surface area (Å²) in [5.74, 6) is 0. The van der Waals surface area contributed by atoms with Gasteiger partial charge in [-0.1, -0.05) is 35.9 Å². The molecule has 20 heavy (non-hydrogen) atoms. The molecule has 0 fully saturated rings. The second-order valence-corrected chi connectivity index (χ2v) is 5.57. The minimum Gasteiger partial charge on any atom is -0.354 e. The van der Waals surface area contributed by atoms with Crippen LogP contribution in [0.4, 0.5) is 0 Å². The largest absolute Gasteiger partial charge is 0.354 e. The third kappa shape index (κ3) is 2.02. The molecule has 1 heterocycles. The van der Waals surface area contributed by atoms with Gasteiger partial charge in [0, 0.05) is 28.1 Å². The van der Waals surface area contributed by atoms with Crippen LogP contribution in [0.1, 0.15) is 29.7 Å². The highest BCUT2D eigenvalue weighted by Crippen LogP contribution is 2.35. The second-order valence-electron chi connectivity index (χ2n) is 5.57. The quantitative estimate of drug-likeness (QED) is 0.704. The third-order valence-electron chi connectivity index (χ3n) is 3.86. The van der Waals surface area contributed by atoms with Crippen molar-refractivity contribution >= 4 is 10.9 Å². The number of para-hydroxylation sites is 1. The van der Waals surface area contributed by atoms with E-state index in [1.807, 2.05) is 6.92 Å². The van der Waals surface area contributed by atoms with Gasteiger partial charge in [0.1, 0.15) is 0 Å². The zero-order valence-electron chi connectivity index (χ0n) is 12.2. The number of nitrogens with one attached hydrogen (secondary N) is 1. The molecule has 0 saturated heterocycles. The molecule has 3 rings (SSSR count). The number of rotatable bonds is 2. The smallest absolute Gasteiger partial charge is 0.0515 e. The summed E-state index contributed by atoms with van der Waals surface area (Å²) in [6, 6.07) is 14.9. The molecule has 0 aliphatic heterocycles. The molecule has 3 aromatic rings.